The number of aromatic nitrogens is 1. The Kier molecular flexibility index (Phi) is 10.1. The van der Waals surface area contributed by atoms with Gasteiger partial charge >= 0.3 is 0 Å². The van der Waals surface area contributed by atoms with Crippen LogP contribution in [0.4, 0.5) is 5.69 Å². The van der Waals surface area contributed by atoms with Crippen LogP contribution in [0.25, 0.3) is 0 Å². The van der Waals surface area contributed by atoms with Crippen LogP contribution in [0.15, 0.2) is 48.8 Å². The average Bonchev–Trinajstić information content (AvgIpc) is 2.68. The van der Waals surface area contributed by atoms with Gasteiger partial charge in [-0.2, -0.15) is 0 Å². The summed E-state index contributed by atoms with van der Waals surface area (Å²) in [5.74, 6) is 0.762. The number of benzene rings is 1. The third-order valence-corrected chi connectivity index (χ3v) is 4.35. The molecule has 1 unspecified atom stereocenters. The molecule has 1 aliphatic heterocycles. The molecule has 3 N–H and O–H groups in total. The summed E-state index contributed by atoms with van der Waals surface area (Å²) in [6.07, 6.45) is 5.13. The lowest BCUT2D eigenvalue weighted by molar-refractivity contribution is -0.119. The second-order valence-electron chi connectivity index (χ2n) is 6.13. The van der Waals surface area contributed by atoms with Gasteiger partial charge in [-0.25, -0.2) is 0 Å². The summed E-state index contributed by atoms with van der Waals surface area (Å²) in [5, 5.41) is 2.87. The van der Waals surface area contributed by atoms with Gasteiger partial charge in [0.2, 0.25) is 5.91 Å². The van der Waals surface area contributed by atoms with E-state index < -0.39 is 6.04 Å². The molecule has 1 aromatic heterocycles. The fourth-order valence-electron chi connectivity index (χ4n) is 2.79. The van der Waals surface area contributed by atoms with Gasteiger partial charge in [0.25, 0.3) is 0 Å². The predicted molar refractivity (Wildman–Crippen MR) is 110 cm³/mol. The summed E-state index contributed by atoms with van der Waals surface area (Å²) in [6, 6.07) is 10.6. The summed E-state index contributed by atoms with van der Waals surface area (Å²) in [6.45, 7) is 1.83. The van der Waals surface area contributed by atoms with Gasteiger partial charge < -0.3 is 20.5 Å². The Morgan fingerprint density at radius 2 is 1.78 bits per heavy atom. The molecule has 2 heterocycles. The van der Waals surface area contributed by atoms with E-state index in [-0.39, 0.29) is 36.6 Å². The lowest BCUT2D eigenvalue weighted by atomic mass is 9.92. The first-order valence-electron chi connectivity index (χ1n) is 8.48. The van der Waals surface area contributed by atoms with Crippen molar-refractivity contribution in [2.45, 2.75) is 25.5 Å². The minimum Gasteiger partial charge on any atom is -0.489 e. The molecule has 2 aromatic rings. The van der Waals surface area contributed by atoms with Crippen molar-refractivity contribution >= 4 is 36.4 Å². The first-order chi connectivity index (χ1) is 12.2. The second-order valence-corrected chi connectivity index (χ2v) is 6.13. The van der Waals surface area contributed by atoms with E-state index >= 15 is 0 Å². The standard InChI is InChI=1S/C19H23N3O3.2ClH/c20-18(15-7-11-24-12-8-15)19(23)22-16-1-3-17(4-2-16)25-13-14-5-9-21-10-6-14;;/h1-6,9-10,15,18H,7-8,11-13,20H2,(H,22,23);2*1H. The molecule has 0 spiro atoms. The number of nitrogens with one attached hydrogen (secondary N) is 1. The number of amides is 1. The van der Waals surface area contributed by atoms with Crippen LogP contribution in [-0.4, -0.2) is 30.1 Å². The molecule has 1 amide bonds. The van der Waals surface area contributed by atoms with Gasteiger partial charge in [0.1, 0.15) is 12.4 Å². The van der Waals surface area contributed by atoms with E-state index in [0.29, 0.717) is 25.5 Å². The molecule has 1 saturated heterocycles. The van der Waals surface area contributed by atoms with Crippen LogP contribution >= 0.6 is 24.8 Å². The van der Waals surface area contributed by atoms with E-state index in [1.54, 1.807) is 12.4 Å². The van der Waals surface area contributed by atoms with E-state index in [1.165, 1.54) is 0 Å². The predicted octanol–water partition coefficient (Wildman–Crippen LogP) is 3.20. The van der Waals surface area contributed by atoms with Crippen molar-refractivity contribution in [1.82, 2.24) is 4.98 Å². The van der Waals surface area contributed by atoms with Gasteiger partial charge in [0.05, 0.1) is 6.04 Å². The number of nitrogens with two attached hydrogens (primary N) is 1. The quantitative estimate of drug-likeness (QED) is 0.758. The molecular formula is C19H25Cl2N3O3. The number of ether oxygens (including phenoxy) is 2. The summed E-state index contributed by atoms with van der Waals surface area (Å²) in [5.41, 5.74) is 7.85. The first kappa shape index (κ1) is 23.2. The highest BCUT2D eigenvalue weighted by atomic mass is 35.5. The second kappa shape index (κ2) is 11.8. The Balaban J connectivity index is 0.00000182. The SMILES string of the molecule is Cl.Cl.NC(C(=O)Nc1ccc(OCc2ccncc2)cc1)C1CCOCC1. The summed E-state index contributed by atoms with van der Waals surface area (Å²) in [7, 11) is 0. The van der Waals surface area contributed by atoms with Crippen LogP contribution in [0.3, 0.4) is 0 Å². The van der Waals surface area contributed by atoms with Crippen molar-refractivity contribution in [3.8, 4) is 5.75 Å². The Hall–Kier alpha value is -1.86. The molecular weight excluding hydrogens is 389 g/mol. The fourth-order valence-corrected chi connectivity index (χ4v) is 2.79. The molecule has 0 bridgehead atoms. The van der Waals surface area contributed by atoms with Gasteiger partial charge in [-0.3, -0.25) is 9.78 Å². The third-order valence-electron chi connectivity index (χ3n) is 4.35. The summed E-state index contributed by atoms with van der Waals surface area (Å²) >= 11 is 0. The van der Waals surface area contributed by atoms with E-state index in [9.17, 15) is 4.79 Å². The number of carbonyl (C=O) groups excluding carboxylic acids is 1. The Bertz CT molecular complexity index is 680. The van der Waals surface area contributed by atoms with Crippen molar-refractivity contribution in [3.05, 3.63) is 54.4 Å². The van der Waals surface area contributed by atoms with Gasteiger partial charge in [0, 0.05) is 31.3 Å². The first-order valence-corrected chi connectivity index (χ1v) is 8.48. The summed E-state index contributed by atoms with van der Waals surface area (Å²) < 4.78 is 11.0. The highest BCUT2D eigenvalue weighted by Gasteiger charge is 2.26. The Labute approximate surface area is 171 Å². The molecule has 1 aliphatic rings. The molecule has 0 aliphatic carbocycles. The van der Waals surface area contributed by atoms with E-state index in [2.05, 4.69) is 10.3 Å². The number of anilines is 1. The van der Waals surface area contributed by atoms with E-state index in [4.69, 9.17) is 15.2 Å². The molecule has 148 valence electrons. The number of hydrogen-bond donors (Lipinski definition) is 2. The number of carbonyl (C=O) groups is 1. The monoisotopic (exact) mass is 413 g/mol. The van der Waals surface area contributed by atoms with Crippen LogP contribution in [0.2, 0.25) is 0 Å². The normalized spacial score (nSPS) is 15.0. The topological polar surface area (TPSA) is 86.5 Å². The van der Waals surface area contributed by atoms with Crippen molar-refractivity contribution < 1.29 is 14.3 Å². The lowest BCUT2D eigenvalue weighted by Gasteiger charge is -2.26. The Morgan fingerprint density at radius 1 is 1.15 bits per heavy atom. The van der Waals surface area contributed by atoms with Crippen molar-refractivity contribution in [3.63, 3.8) is 0 Å². The molecule has 27 heavy (non-hydrogen) atoms. The Morgan fingerprint density at radius 3 is 2.41 bits per heavy atom. The highest BCUT2D eigenvalue weighted by Crippen LogP contribution is 2.20. The molecule has 1 atom stereocenters. The minimum absolute atomic E-state index is 0. The molecule has 0 saturated carbocycles. The van der Waals surface area contributed by atoms with Crippen LogP contribution in [-0.2, 0) is 16.1 Å². The van der Waals surface area contributed by atoms with Crippen molar-refractivity contribution in [2.75, 3.05) is 18.5 Å². The number of halogens is 2. The number of hydrogen-bond acceptors (Lipinski definition) is 5. The van der Waals surface area contributed by atoms with Gasteiger partial charge in [-0.1, -0.05) is 0 Å². The molecule has 8 heteroatoms. The highest BCUT2D eigenvalue weighted by molar-refractivity contribution is 5.94. The zero-order chi connectivity index (χ0) is 17.5. The molecule has 3 rings (SSSR count). The number of pyridine rings is 1. The van der Waals surface area contributed by atoms with Crippen molar-refractivity contribution in [2.24, 2.45) is 11.7 Å². The van der Waals surface area contributed by atoms with Crippen LogP contribution < -0.4 is 15.8 Å². The van der Waals surface area contributed by atoms with Crippen LogP contribution in [0.5, 0.6) is 5.75 Å². The van der Waals surface area contributed by atoms with E-state index in [1.807, 2.05) is 36.4 Å². The maximum atomic E-state index is 12.3. The smallest absolute Gasteiger partial charge is 0.241 e. The fraction of sp³-hybridized carbons (Fsp3) is 0.368. The zero-order valence-corrected chi connectivity index (χ0v) is 16.5. The van der Waals surface area contributed by atoms with Crippen molar-refractivity contribution in [1.29, 1.82) is 0 Å². The summed E-state index contributed by atoms with van der Waals surface area (Å²) in [4.78, 5) is 16.3. The zero-order valence-electron chi connectivity index (χ0n) is 14.9. The van der Waals surface area contributed by atoms with Gasteiger partial charge in [-0.15, -0.1) is 24.8 Å². The average molecular weight is 414 g/mol. The lowest BCUT2D eigenvalue weighted by Crippen LogP contribution is -2.43. The third kappa shape index (κ3) is 6.99. The molecule has 6 nitrogen and oxygen atoms in total. The molecule has 1 aromatic carbocycles. The molecule has 1 fully saturated rings. The van der Waals surface area contributed by atoms with Gasteiger partial charge in [-0.05, 0) is 60.7 Å². The van der Waals surface area contributed by atoms with E-state index in [0.717, 1.165) is 24.2 Å². The number of rotatable bonds is 6. The van der Waals surface area contributed by atoms with Gasteiger partial charge in [0.15, 0.2) is 0 Å². The van der Waals surface area contributed by atoms with Crippen LogP contribution in [0.1, 0.15) is 18.4 Å². The molecule has 0 radical (unpaired) electrons. The van der Waals surface area contributed by atoms with Crippen LogP contribution in [0, 0.1) is 5.92 Å². The minimum atomic E-state index is -0.508. The largest absolute Gasteiger partial charge is 0.489 e. The number of nitrogens with zero attached hydrogens (tertiary/aromatic N) is 1. The maximum Gasteiger partial charge on any atom is 0.241 e. The maximum absolute atomic E-state index is 12.3.